The highest BCUT2D eigenvalue weighted by molar-refractivity contribution is 5.83. The summed E-state index contributed by atoms with van der Waals surface area (Å²) >= 11 is 0. The number of nitrogens with one attached hydrogen (secondary N) is 2. The van der Waals surface area contributed by atoms with E-state index in [1.807, 2.05) is 19.1 Å². The van der Waals surface area contributed by atoms with Crippen LogP contribution in [0.15, 0.2) is 12.2 Å². The minimum atomic E-state index is -0.00324. The lowest BCUT2D eigenvalue weighted by Gasteiger charge is -2.29. The second-order valence-corrected chi connectivity index (χ2v) is 4.23. The molecule has 0 spiro atoms. The Morgan fingerprint density at radius 1 is 1.57 bits per heavy atom. The van der Waals surface area contributed by atoms with Crippen LogP contribution in [0.4, 0.5) is 0 Å². The molecule has 0 unspecified atom stereocenters. The Bertz CT molecular complexity index is 223. The summed E-state index contributed by atoms with van der Waals surface area (Å²) in [4.78, 5) is 11.6. The van der Waals surface area contributed by atoms with E-state index in [0.29, 0.717) is 5.92 Å². The molecule has 3 nitrogen and oxygen atoms in total. The third-order valence-electron chi connectivity index (χ3n) is 2.36. The van der Waals surface area contributed by atoms with E-state index in [1.54, 1.807) is 0 Å². The van der Waals surface area contributed by atoms with Crippen LogP contribution in [0.1, 0.15) is 27.2 Å². The van der Waals surface area contributed by atoms with Gasteiger partial charge in [-0.2, -0.15) is 0 Å². The Morgan fingerprint density at radius 3 is 2.79 bits per heavy atom. The Kier molecular flexibility index (Phi) is 4.14. The average molecular weight is 196 g/mol. The lowest BCUT2D eigenvalue weighted by molar-refractivity contribution is -0.125. The SMILES string of the molecule is C/C=C/[C@H]1CN[C@@H](CC(C)C)C(=O)N1. The first-order valence-electron chi connectivity index (χ1n) is 5.30. The van der Waals surface area contributed by atoms with Gasteiger partial charge in [-0.15, -0.1) is 0 Å². The highest BCUT2D eigenvalue weighted by atomic mass is 16.2. The van der Waals surface area contributed by atoms with Gasteiger partial charge in [-0.05, 0) is 19.3 Å². The maximum absolute atomic E-state index is 11.6. The van der Waals surface area contributed by atoms with Crippen molar-refractivity contribution >= 4 is 5.91 Å². The van der Waals surface area contributed by atoms with Crippen molar-refractivity contribution in [2.24, 2.45) is 5.92 Å². The minimum absolute atomic E-state index is 0.00324. The fourth-order valence-electron chi connectivity index (χ4n) is 1.71. The standard InChI is InChI=1S/C11H20N2O/c1-4-5-9-7-12-10(6-8(2)3)11(14)13-9/h4-5,8-10,12H,6-7H2,1-3H3,(H,13,14)/b5-4+/t9-,10-/m0/s1. The molecule has 1 fully saturated rings. The molecule has 14 heavy (non-hydrogen) atoms. The van der Waals surface area contributed by atoms with Gasteiger partial charge in [0.15, 0.2) is 0 Å². The molecule has 1 rings (SSSR count). The number of carbonyl (C=O) groups is 1. The second-order valence-electron chi connectivity index (χ2n) is 4.23. The maximum Gasteiger partial charge on any atom is 0.237 e. The van der Waals surface area contributed by atoms with Crippen LogP contribution in [0.5, 0.6) is 0 Å². The second kappa shape index (κ2) is 5.15. The summed E-state index contributed by atoms with van der Waals surface area (Å²) in [7, 11) is 0. The summed E-state index contributed by atoms with van der Waals surface area (Å²) in [5.41, 5.74) is 0. The summed E-state index contributed by atoms with van der Waals surface area (Å²) in [6, 6.07) is 0.160. The predicted molar refractivity (Wildman–Crippen MR) is 58.0 cm³/mol. The van der Waals surface area contributed by atoms with E-state index in [1.165, 1.54) is 0 Å². The van der Waals surface area contributed by atoms with Gasteiger partial charge >= 0.3 is 0 Å². The fraction of sp³-hybridized carbons (Fsp3) is 0.727. The monoisotopic (exact) mass is 196 g/mol. The van der Waals surface area contributed by atoms with Crippen LogP contribution in [-0.4, -0.2) is 24.5 Å². The topological polar surface area (TPSA) is 41.1 Å². The van der Waals surface area contributed by atoms with Gasteiger partial charge in [-0.1, -0.05) is 26.0 Å². The minimum Gasteiger partial charge on any atom is -0.347 e. The Hall–Kier alpha value is -0.830. The molecule has 1 amide bonds. The summed E-state index contributed by atoms with van der Waals surface area (Å²) < 4.78 is 0. The number of piperazine rings is 1. The average Bonchev–Trinajstić information content (AvgIpc) is 2.10. The normalized spacial score (nSPS) is 28.4. The van der Waals surface area contributed by atoms with Crippen molar-refractivity contribution in [3.63, 3.8) is 0 Å². The van der Waals surface area contributed by atoms with Crippen LogP contribution in [-0.2, 0) is 4.79 Å². The Labute approximate surface area is 86.0 Å². The summed E-state index contributed by atoms with van der Waals surface area (Å²) in [5.74, 6) is 0.685. The first kappa shape index (κ1) is 11.2. The number of hydrogen-bond acceptors (Lipinski definition) is 2. The van der Waals surface area contributed by atoms with E-state index < -0.39 is 0 Å². The zero-order valence-corrected chi connectivity index (χ0v) is 9.21. The quantitative estimate of drug-likeness (QED) is 0.663. The molecule has 0 bridgehead atoms. The van der Waals surface area contributed by atoms with Crippen LogP contribution in [0.3, 0.4) is 0 Å². The number of rotatable bonds is 3. The van der Waals surface area contributed by atoms with Crippen molar-refractivity contribution in [2.75, 3.05) is 6.54 Å². The van der Waals surface area contributed by atoms with E-state index in [-0.39, 0.29) is 18.0 Å². The maximum atomic E-state index is 11.6. The smallest absolute Gasteiger partial charge is 0.237 e. The van der Waals surface area contributed by atoms with Gasteiger partial charge in [0.05, 0.1) is 12.1 Å². The molecule has 2 atom stereocenters. The zero-order valence-electron chi connectivity index (χ0n) is 9.21. The van der Waals surface area contributed by atoms with Crippen molar-refractivity contribution in [1.29, 1.82) is 0 Å². The van der Waals surface area contributed by atoms with Gasteiger partial charge < -0.3 is 10.6 Å². The molecule has 80 valence electrons. The van der Waals surface area contributed by atoms with Crippen molar-refractivity contribution in [2.45, 2.75) is 39.3 Å². The van der Waals surface area contributed by atoms with Crippen LogP contribution >= 0.6 is 0 Å². The van der Waals surface area contributed by atoms with Gasteiger partial charge in [0.2, 0.25) is 5.91 Å². The highest BCUT2D eigenvalue weighted by Crippen LogP contribution is 2.08. The number of amides is 1. The van der Waals surface area contributed by atoms with Crippen LogP contribution in [0.2, 0.25) is 0 Å². The number of hydrogen-bond donors (Lipinski definition) is 2. The molecule has 2 N–H and O–H groups in total. The molecule has 0 radical (unpaired) electrons. The Morgan fingerprint density at radius 2 is 2.29 bits per heavy atom. The third-order valence-corrected chi connectivity index (χ3v) is 2.36. The molecule has 0 aromatic heterocycles. The van der Waals surface area contributed by atoms with Gasteiger partial charge in [-0.25, -0.2) is 0 Å². The molecule has 1 aliphatic heterocycles. The molecule has 0 saturated carbocycles. The Balaban J connectivity index is 2.44. The lowest BCUT2D eigenvalue weighted by atomic mass is 10.0. The number of allylic oxidation sites excluding steroid dienone is 1. The highest BCUT2D eigenvalue weighted by Gasteiger charge is 2.26. The van der Waals surface area contributed by atoms with Gasteiger partial charge in [0.1, 0.15) is 0 Å². The molecule has 3 heteroatoms. The zero-order chi connectivity index (χ0) is 10.6. The predicted octanol–water partition coefficient (Wildman–Crippen LogP) is 1.07. The van der Waals surface area contributed by atoms with Crippen LogP contribution < -0.4 is 10.6 Å². The first-order valence-corrected chi connectivity index (χ1v) is 5.30. The molecule has 1 saturated heterocycles. The van der Waals surface area contributed by atoms with Gasteiger partial charge in [0, 0.05) is 6.54 Å². The van der Waals surface area contributed by atoms with Gasteiger partial charge in [-0.3, -0.25) is 4.79 Å². The van der Waals surface area contributed by atoms with E-state index in [0.717, 1.165) is 13.0 Å². The molecule has 1 aliphatic rings. The van der Waals surface area contributed by atoms with E-state index >= 15 is 0 Å². The van der Waals surface area contributed by atoms with Crippen LogP contribution in [0.25, 0.3) is 0 Å². The van der Waals surface area contributed by atoms with E-state index in [4.69, 9.17) is 0 Å². The third kappa shape index (κ3) is 3.14. The molecular weight excluding hydrogens is 176 g/mol. The molecule has 0 aromatic rings. The molecule has 0 aliphatic carbocycles. The first-order chi connectivity index (χ1) is 6.63. The summed E-state index contributed by atoms with van der Waals surface area (Å²) in [6.07, 6.45) is 4.89. The van der Waals surface area contributed by atoms with E-state index in [2.05, 4.69) is 24.5 Å². The van der Waals surface area contributed by atoms with Crippen molar-refractivity contribution in [3.8, 4) is 0 Å². The van der Waals surface area contributed by atoms with Crippen molar-refractivity contribution < 1.29 is 4.79 Å². The van der Waals surface area contributed by atoms with Crippen LogP contribution in [0, 0.1) is 5.92 Å². The van der Waals surface area contributed by atoms with E-state index in [9.17, 15) is 4.79 Å². The molecule has 1 heterocycles. The molecular formula is C11H20N2O. The summed E-state index contributed by atoms with van der Waals surface area (Å²) in [6.45, 7) is 7.07. The lowest BCUT2D eigenvalue weighted by Crippen LogP contribution is -2.57. The fourth-order valence-corrected chi connectivity index (χ4v) is 1.71. The van der Waals surface area contributed by atoms with Crippen molar-refractivity contribution in [3.05, 3.63) is 12.2 Å². The summed E-state index contributed by atoms with van der Waals surface area (Å²) in [5, 5.41) is 6.26. The van der Waals surface area contributed by atoms with Crippen molar-refractivity contribution in [1.82, 2.24) is 10.6 Å². The van der Waals surface area contributed by atoms with Gasteiger partial charge in [0.25, 0.3) is 0 Å². The largest absolute Gasteiger partial charge is 0.347 e. The number of carbonyl (C=O) groups excluding carboxylic acids is 1. The molecule has 0 aromatic carbocycles.